The van der Waals surface area contributed by atoms with Crippen LogP contribution in [0.25, 0.3) is 0 Å². The number of ether oxygens (including phenoxy) is 6. The lowest BCUT2D eigenvalue weighted by atomic mass is 9.96. The third kappa shape index (κ3) is 24.5. The van der Waals surface area contributed by atoms with E-state index in [1.54, 1.807) is 6.08 Å². The van der Waals surface area contributed by atoms with Crippen LogP contribution in [0.2, 0.25) is 0 Å². The van der Waals surface area contributed by atoms with Gasteiger partial charge in [-0.05, 0) is 83.5 Å². The smallest absolute Gasteiger partial charge is 0.220 e. The van der Waals surface area contributed by atoms with Crippen LogP contribution in [0, 0.1) is 0 Å². The van der Waals surface area contributed by atoms with Crippen molar-refractivity contribution in [3.8, 4) is 0 Å². The van der Waals surface area contributed by atoms with Gasteiger partial charge in [0.1, 0.15) is 73.2 Å². The SMILES string of the molecule is CC/C=C\C/C=C\C/C=C\C/C=C\CCCCCCC(=O)NC(COC1OC(CO)C(OC2OC(CO)C(OC3OC(CO)C(O)C(O)C3O)C(O)C2O)C(O)C1O)C(O)/C=C/CC/C=C/CC/C=C/CCCCCC. The minimum Gasteiger partial charge on any atom is -0.394 e. The first-order valence-electron chi connectivity index (χ1n) is 27.8. The zero-order chi connectivity index (χ0) is 55.5. The summed E-state index contributed by atoms with van der Waals surface area (Å²) in [5, 5.41) is 120. The molecule has 17 atom stereocenters. The van der Waals surface area contributed by atoms with Crippen LogP contribution in [-0.2, 0) is 33.2 Å². The maximum atomic E-state index is 13.3. The van der Waals surface area contributed by atoms with Crippen LogP contribution in [0.5, 0.6) is 0 Å². The minimum atomic E-state index is -1.99. The molecule has 19 heteroatoms. The molecular formula is C57H95NO18. The van der Waals surface area contributed by atoms with Crippen molar-refractivity contribution in [1.29, 1.82) is 0 Å². The van der Waals surface area contributed by atoms with Crippen LogP contribution in [0.3, 0.4) is 0 Å². The van der Waals surface area contributed by atoms with Crippen molar-refractivity contribution in [3.63, 3.8) is 0 Å². The molecule has 3 rings (SSSR count). The number of aliphatic hydroxyl groups is 11. The number of hydrogen-bond acceptors (Lipinski definition) is 18. The molecule has 19 nitrogen and oxygen atoms in total. The van der Waals surface area contributed by atoms with Gasteiger partial charge in [0, 0.05) is 6.42 Å². The van der Waals surface area contributed by atoms with Gasteiger partial charge in [-0.15, -0.1) is 0 Å². The van der Waals surface area contributed by atoms with Gasteiger partial charge in [-0.1, -0.05) is 131 Å². The summed E-state index contributed by atoms with van der Waals surface area (Å²) in [6, 6.07) is -1.01. The molecule has 0 aromatic carbocycles. The van der Waals surface area contributed by atoms with E-state index in [-0.39, 0.29) is 18.9 Å². The van der Waals surface area contributed by atoms with E-state index in [4.69, 9.17) is 28.4 Å². The van der Waals surface area contributed by atoms with Gasteiger partial charge in [-0.25, -0.2) is 0 Å². The van der Waals surface area contributed by atoms with Crippen molar-refractivity contribution >= 4 is 5.91 Å². The fourth-order valence-corrected chi connectivity index (χ4v) is 8.80. The number of amides is 1. The number of carbonyl (C=O) groups excluding carboxylic acids is 1. The van der Waals surface area contributed by atoms with Crippen LogP contribution in [-0.4, -0.2) is 193 Å². The summed E-state index contributed by atoms with van der Waals surface area (Å²) >= 11 is 0. The van der Waals surface area contributed by atoms with E-state index in [0.717, 1.165) is 77.0 Å². The summed E-state index contributed by atoms with van der Waals surface area (Å²) in [5.41, 5.74) is 0. The molecule has 12 N–H and O–H groups in total. The van der Waals surface area contributed by atoms with Crippen molar-refractivity contribution < 1.29 is 89.4 Å². The Morgan fingerprint density at radius 1 is 0.487 bits per heavy atom. The van der Waals surface area contributed by atoms with Gasteiger partial charge in [0.25, 0.3) is 0 Å². The molecule has 436 valence electrons. The third-order valence-electron chi connectivity index (χ3n) is 13.4. The molecule has 0 saturated carbocycles. The molecule has 17 unspecified atom stereocenters. The normalized spacial score (nSPS) is 31.6. The van der Waals surface area contributed by atoms with Crippen molar-refractivity contribution in [3.05, 3.63) is 85.1 Å². The van der Waals surface area contributed by atoms with Crippen LogP contribution < -0.4 is 5.32 Å². The van der Waals surface area contributed by atoms with E-state index < -0.39 is 124 Å². The molecule has 0 bridgehead atoms. The Morgan fingerprint density at radius 3 is 1.46 bits per heavy atom. The second-order valence-electron chi connectivity index (χ2n) is 19.6. The molecule has 0 aliphatic carbocycles. The fraction of sp³-hybridized carbons (Fsp3) is 0.737. The monoisotopic (exact) mass is 1080 g/mol. The zero-order valence-electron chi connectivity index (χ0n) is 44.9. The molecule has 1 amide bonds. The summed E-state index contributed by atoms with van der Waals surface area (Å²) in [6.07, 6.45) is 20.0. The minimum absolute atomic E-state index is 0.199. The van der Waals surface area contributed by atoms with Gasteiger partial charge in [0.2, 0.25) is 5.91 Å². The number of nitrogens with one attached hydrogen (secondary N) is 1. The number of hydrogen-bond donors (Lipinski definition) is 12. The first-order valence-corrected chi connectivity index (χ1v) is 27.8. The highest BCUT2D eigenvalue weighted by atomic mass is 16.8. The Bertz CT molecular complexity index is 1720. The molecular weight excluding hydrogens is 987 g/mol. The highest BCUT2D eigenvalue weighted by Crippen LogP contribution is 2.33. The second-order valence-corrected chi connectivity index (χ2v) is 19.6. The highest BCUT2D eigenvalue weighted by molar-refractivity contribution is 5.76. The molecule has 3 heterocycles. The lowest BCUT2D eigenvalue weighted by Crippen LogP contribution is -2.66. The predicted molar refractivity (Wildman–Crippen MR) is 286 cm³/mol. The lowest BCUT2D eigenvalue weighted by molar-refractivity contribution is -0.379. The summed E-state index contributed by atoms with van der Waals surface area (Å²) in [6.45, 7) is 1.49. The van der Waals surface area contributed by atoms with E-state index in [1.165, 1.54) is 25.7 Å². The molecule has 3 aliphatic heterocycles. The lowest BCUT2D eigenvalue weighted by Gasteiger charge is -2.48. The first kappa shape index (κ1) is 67.2. The molecule has 0 aromatic rings. The Labute approximate surface area is 450 Å². The van der Waals surface area contributed by atoms with Crippen molar-refractivity contribution in [2.75, 3.05) is 26.4 Å². The first-order chi connectivity index (χ1) is 36.8. The summed E-state index contributed by atoms with van der Waals surface area (Å²) in [7, 11) is 0. The Hall–Kier alpha value is -3.03. The average molecular weight is 1080 g/mol. The van der Waals surface area contributed by atoms with E-state index in [0.29, 0.717) is 12.8 Å². The van der Waals surface area contributed by atoms with E-state index >= 15 is 0 Å². The number of allylic oxidation sites excluding steroid dienone is 13. The highest BCUT2D eigenvalue weighted by Gasteiger charge is 2.53. The summed E-state index contributed by atoms with van der Waals surface area (Å²) in [5.74, 6) is -0.319. The third-order valence-corrected chi connectivity index (χ3v) is 13.4. The van der Waals surface area contributed by atoms with Crippen molar-refractivity contribution in [1.82, 2.24) is 5.32 Å². The molecule has 3 aliphatic rings. The van der Waals surface area contributed by atoms with Gasteiger partial charge < -0.3 is 89.9 Å². The van der Waals surface area contributed by atoms with E-state index in [9.17, 15) is 61.0 Å². The van der Waals surface area contributed by atoms with Crippen LogP contribution in [0.1, 0.15) is 136 Å². The van der Waals surface area contributed by atoms with Crippen molar-refractivity contribution in [2.24, 2.45) is 0 Å². The number of rotatable bonds is 38. The largest absolute Gasteiger partial charge is 0.394 e. The maximum Gasteiger partial charge on any atom is 0.220 e. The quantitative estimate of drug-likeness (QED) is 0.0310. The number of unbranched alkanes of at least 4 members (excludes halogenated alkanes) is 10. The molecule has 0 spiro atoms. The summed E-state index contributed by atoms with van der Waals surface area (Å²) in [4.78, 5) is 13.3. The standard InChI is InChI=1S/C57H95NO18/c1-3-5-7-9-11-13-15-17-19-20-21-23-25-27-29-31-33-35-45(63)58-40(41(62)34-32-30-28-26-24-22-18-16-14-12-10-8-6-4-2)39-71-55-51(69)48(66)53(43(37-60)73-55)76-57-52(70)49(67)54(44(38-61)74-57)75-56-50(68)47(65)46(64)42(36-59)72-56/h5,7,11,13-14,16-17,19,21,23-24,26,32,34,40-44,46-57,59-62,64-70H,3-4,6,8-10,12,15,18,20,22,25,27-31,33,35-39H2,1-2H3,(H,58,63)/b7-5-,13-11-,16-14+,19-17-,23-21-,26-24+,34-32+. The zero-order valence-corrected chi connectivity index (χ0v) is 44.9. The molecule has 3 saturated heterocycles. The molecule has 0 radical (unpaired) electrons. The van der Waals surface area contributed by atoms with Crippen LogP contribution in [0.4, 0.5) is 0 Å². The van der Waals surface area contributed by atoms with Gasteiger partial charge in [-0.3, -0.25) is 4.79 Å². The van der Waals surface area contributed by atoms with Crippen LogP contribution >= 0.6 is 0 Å². The number of aliphatic hydroxyl groups excluding tert-OH is 11. The molecule has 3 fully saturated rings. The molecule has 76 heavy (non-hydrogen) atoms. The van der Waals surface area contributed by atoms with E-state index in [2.05, 4.69) is 92.1 Å². The second kappa shape index (κ2) is 40.2. The Balaban J connectivity index is 1.56. The van der Waals surface area contributed by atoms with Gasteiger partial charge in [0.15, 0.2) is 18.9 Å². The molecule has 0 aromatic heterocycles. The van der Waals surface area contributed by atoms with Crippen molar-refractivity contribution in [2.45, 2.75) is 240 Å². The van der Waals surface area contributed by atoms with Crippen LogP contribution in [0.15, 0.2) is 85.1 Å². The van der Waals surface area contributed by atoms with Gasteiger partial charge in [-0.2, -0.15) is 0 Å². The van der Waals surface area contributed by atoms with Gasteiger partial charge >= 0.3 is 0 Å². The maximum absolute atomic E-state index is 13.3. The predicted octanol–water partition coefficient (Wildman–Crippen LogP) is 3.64. The summed E-state index contributed by atoms with van der Waals surface area (Å²) < 4.78 is 34.1. The Kier molecular flexibility index (Phi) is 35.6. The Morgan fingerprint density at radius 2 is 0.921 bits per heavy atom. The topological polar surface area (TPSA) is 307 Å². The fourth-order valence-electron chi connectivity index (χ4n) is 8.80. The van der Waals surface area contributed by atoms with E-state index in [1.807, 2.05) is 6.08 Å². The average Bonchev–Trinajstić information content (AvgIpc) is 3.41. The number of carbonyl (C=O) groups is 1. The van der Waals surface area contributed by atoms with Gasteiger partial charge in [0.05, 0.1) is 38.6 Å².